The fourth-order valence-corrected chi connectivity index (χ4v) is 4.84. The van der Waals surface area contributed by atoms with Gasteiger partial charge >= 0.3 is 0 Å². The zero-order valence-corrected chi connectivity index (χ0v) is 19.3. The third kappa shape index (κ3) is 6.39. The summed E-state index contributed by atoms with van der Waals surface area (Å²) in [6.07, 6.45) is 0.255. The third-order valence-electron chi connectivity index (χ3n) is 6.56. The first-order valence-electron chi connectivity index (χ1n) is 11.8. The summed E-state index contributed by atoms with van der Waals surface area (Å²) >= 11 is 0. The Hall–Kier alpha value is -2.39. The molecule has 2 aromatic rings. The van der Waals surface area contributed by atoms with Crippen LogP contribution < -0.4 is 5.32 Å². The van der Waals surface area contributed by atoms with Crippen LogP contribution in [0.4, 0.5) is 8.78 Å². The fraction of sp³-hybridized carbons (Fsp3) is 0.500. The Bertz CT molecular complexity index is 961. The number of rotatable bonds is 6. The second-order valence-corrected chi connectivity index (χ2v) is 9.20. The highest BCUT2D eigenvalue weighted by Crippen LogP contribution is 2.29. The maximum atomic E-state index is 14.3. The van der Waals surface area contributed by atoms with Crippen molar-refractivity contribution >= 4 is 5.91 Å². The molecule has 8 heteroatoms. The Labute approximate surface area is 198 Å². The van der Waals surface area contributed by atoms with Crippen molar-refractivity contribution in [1.82, 2.24) is 10.2 Å². The van der Waals surface area contributed by atoms with E-state index in [1.165, 1.54) is 6.07 Å². The van der Waals surface area contributed by atoms with Gasteiger partial charge in [-0.2, -0.15) is 0 Å². The molecular weight excluding hydrogens is 442 g/mol. The number of nitrogens with zero attached hydrogens (tertiary/aromatic N) is 1. The van der Waals surface area contributed by atoms with E-state index in [-0.39, 0.29) is 68.5 Å². The van der Waals surface area contributed by atoms with Crippen molar-refractivity contribution in [2.24, 2.45) is 0 Å². The largest absolute Gasteiger partial charge is 0.389 e. The third-order valence-corrected chi connectivity index (χ3v) is 6.56. The van der Waals surface area contributed by atoms with Crippen molar-refractivity contribution in [1.29, 1.82) is 0 Å². The molecule has 1 amide bonds. The Kier molecular flexibility index (Phi) is 8.26. The van der Waals surface area contributed by atoms with Gasteiger partial charge in [0.25, 0.3) is 0 Å². The number of carbonyl (C=O) groups excluding carboxylic acids is 1. The Morgan fingerprint density at radius 3 is 2.76 bits per heavy atom. The van der Waals surface area contributed by atoms with Crippen LogP contribution in [0.25, 0.3) is 0 Å². The van der Waals surface area contributed by atoms with Crippen LogP contribution in [0.1, 0.15) is 43.4 Å². The van der Waals surface area contributed by atoms with Crippen LogP contribution in [-0.4, -0.2) is 60.0 Å². The number of hydrogen-bond donors (Lipinski definition) is 2. The summed E-state index contributed by atoms with van der Waals surface area (Å²) < 4.78 is 39.9. The lowest BCUT2D eigenvalue weighted by molar-refractivity contribution is -0.158. The van der Waals surface area contributed by atoms with E-state index in [9.17, 15) is 18.7 Å². The van der Waals surface area contributed by atoms with Crippen LogP contribution in [-0.2, 0) is 20.8 Å². The molecule has 184 valence electrons. The van der Waals surface area contributed by atoms with Gasteiger partial charge in [-0.3, -0.25) is 9.69 Å². The Balaban J connectivity index is 1.39. The lowest BCUT2D eigenvalue weighted by atomic mass is 9.94. The molecule has 0 bridgehead atoms. The van der Waals surface area contributed by atoms with Crippen LogP contribution in [0.3, 0.4) is 0 Å². The molecule has 5 atom stereocenters. The Morgan fingerprint density at radius 2 is 1.97 bits per heavy atom. The van der Waals surface area contributed by atoms with E-state index in [0.29, 0.717) is 12.8 Å². The molecule has 2 fully saturated rings. The van der Waals surface area contributed by atoms with E-state index in [4.69, 9.17) is 9.47 Å². The molecule has 0 unspecified atom stereocenters. The minimum atomic E-state index is -0.736. The second-order valence-electron chi connectivity index (χ2n) is 9.20. The average molecular weight is 475 g/mol. The van der Waals surface area contributed by atoms with Crippen LogP contribution >= 0.6 is 0 Å². The summed E-state index contributed by atoms with van der Waals surface area (Å²) in [5.41, 5.74) is 1.27. The predicted octanol–water partition coefficient (Wildman–Crippen LogP) is 3.34. The molecular formula is C26H32F2N2O4. The molecule has 2 aliphatic heterocycles. The standard InChI is InChI=1S/C26H32F2N2O4/c1-17(18-5-3-2-4-6-18)29-26(32)12-22-8-10-24-25(34-22)16-33-15-21(31)14-30(24)13-19-11-20(27)7-9-23(19)28/h2-7,9,11,17,21-22,24-25,31H,8,10,12-16H2,1H3,(H,29,32)/t17-,21-,22-,24+,25-/m0/s1. The first kappa shape index (κ1) is 24.7. The molecule has 34 heavy (non-hydrogen) atoms. The highest BCUT2D eigenvalue weighted by molar-refractivity contribution is 5.77. The Morgan fingerprint density at radius 1 is 1.18 bits per heavy atom. The smallest absolute Gasteiger partial charge is 0.223 e. The summed E-state index contributed by atoms with van der Waals surface area (Å²) in [4.78, 5) is 14.6. The number of fused-ring (bicyclic) bond motifs is 1. The highest BCUT2D eigenvalue weighted by Gasteiger charge is 2.38. The van der Waals surface area contributed by atoms with E-state index >= 15 is 0 Å². The van der Waals surface area contributed by atoms with E-state index in [1.54, 1.807) is 0 Å². The van der Waals surface area contributed by atoms with Gasteiger partial charge in [0.2, 0.25) is 5.91 Å². The van der Waals surface area contributed by atoms with E-state index in [2.05, 4.69) is 5.32 Å². The molecule has 0 saturated carbocycles. The molecule has 4 rings (SSSR count). The van der Waals surface area contributed by atoms with Crippen molar-refractivity contribution in [2.75, 3.05) is 19.8 Å². The second kappa shape index (κ2) is 11.4. The van der Waals surface area contributed by atoms with E-state index in [1.807, 2.05) is 42.2 Å². The van der Waals surface area contributed by atoms with Gasteiger partial charge in [-0.25, -0.2) is 8.78 Å². The number of benzene rings is 2. The SMILES string of the molecule is C[C@H](NC(=O)C[C@@H]1CC[C@@H]2[C@H](COC[C@@H](O)CN2Cc2cc(F)ccc2F)O1)c1ccccc1. The van der Waals surface area contributed by atoms with E-state index in [0.717, 1.165) is 17.7 Å². The molecule has 2 aliphatic rings. The predicted molar refractivity (Wildman–Crippen MR) is 123 cm³/mol. The van der Waals surface area contributed by atoms with Gasteiger partial charge in [0.15, 0.2) is 0 Å². The van der Waals surface area contributed by atoms with Crippen molar-refractivity contribution < 1.29 is 28.2 Å². The molecule has 0 spiro atoms. The quantitative estimate of drug-likeness (QED) is 0.672. The zero-order valence-electron chi connectivity index (χ0n) is 19.3. The number of hydrogen-bond acceptors (Lipinski definition) is 5. The van der Waals surface area contributed by atoms with Crippen LogP contribution in [0.5, 0.6) is 0 Å². The molecule has 0 aliphatic carbocycles. The summed E-state index contributed by atoms with van der Waals surface area (Å²) in [7, 11) is 0. The molecule has 2 N–H and O–H groups in total. The number of aliphatic hydroxyl groups excluding tert-OH is 1. The van der Waals surface area contributed by atoms with Crippen LogP contribution in [0.15, 0.2) is 48.5 Å². The number of nitrogens with one attached hydrogen (secondary N) is 1. The highest BCUT2D eigenvalue weighted by atomic mass is 19.1. The normalized spacial score (nSPS) is 26.7. The minimum absolute atomic E-state index is 0.0827. The fourth-order valence-electron chi connectivity index (χ4n) is 4.84. The summed E-state index contributed by atoms with van der Waals surface area (Å²) in [6, 6.07) is 12.9. The lowest BCUT2D eigenvalue weighted by Gasteiger charge is -2.44. The van der Waals surface area contributed by atoms with E-state index < -0.39 is 17.7 Å². The molecule has 0 radical (unpaired) electrons. The molecule has 6 nitrogen and oxygen atoms in total. The maximum absolute atomic E-state index is 14.3. The molecule has 2 heterocycles. The summed E-state index contributed by atoms with van der Waals surface area (Å²) in [5, 5.41) is 13.3. The van der Waals surface area contributed by atoms with Gasteiger partial charge in [0, 0.05) is 24.7 Å². The minimum Gasteiger partial charge on any atom is -0.389 e. The zero-order chi connectivity index (χ0) is 24.1. The van der Waals surface area contributed by atoms with Gasteiger partial charge in [-0.15, -0.1) is 0 Å². The van der Waals surface area contributed by atoms with Gasteiger partial charge < -0.3 is 19.9 Å². The molecule has 0 aromatic heterocycles. The van der Waals surface area contributed by atoms with Crippen molar-refractivity contribution in [2.45, 2.75) is 63.1 Å². The molecule has 2 saturated heterocycles. The van der Waals surface area contributed by atoms with Crippen molar-refractivity contribution in [3.63, 3.8) is 0 Å². The number of halogens is 2. The first-order valence-corrected chi connectivity index (χ1v) is 11.8. The first-order chi connectivity index (χ1) is 16.4. The van der Waals surface area contributed by atoms with Crippen molar-refractivity contribution in [3.8, 4) is 0 Å². The van der Waals surface area contributed by atoms with Crippen LogP contribution in [0.2, 0.25) is 0 Å². The monoisotopic (exact) mass is 474 g/mol. The number of β-amino-alcohol motifs (C(OH)–C–C–N with tert-alkyl or cyclic N) is 1. The molecule has 2 aromatic carbocycles. The maximum Gasteiger partial charge on any atom is 0.223 e. The van der Waals surface area contributed by atoms with Gasteiger partial charge in [-0.05, 0) is 43.5 Å². The van der Waals surface area contributed by atoms with Gasteiger partial charge in [0.1, 0.15) is 11.6 Å². The number of amides is 1. The van der Waals surface area contributed by atoms with Gasteiger partial charge in [-0.1, -0.05) is 30.3 Å². The number of ether oxygens (including phenoxy) is 2. The topological polar surface area (TPSA) is 71.0 Å². The number of carbonyl (C=O) groups is 1. The average Bonchev–Trinajstić information content (AvgIpc) is 2.80. The summed E-state index contributed by atoms with van der Waals surface area (Å²) in [5.74, 6) is -1.06. The van der Waals surface area contributed by atoms with Crippen LogP contribution in [0, 0.1) is 11.6 Å². The number of aliphatic hydroxyl groups is 1. The van der Waals surface area contributed by atoms with Crippen molar-refractivity contribution in [3.05, 3.63) is 71.3 Å². The van der Waals surface area contributed by atoms with Gasteiger partial charge in [0.05, 0.1) is 44.0 Å². The summed E-state index contributed by atoms with van der Waals surface area (Å²) in [6.45, 7) is 2.77. The lowest BCUT2D eigenvalue weighted by Crippen LogP contribution is -2.55.